The van der Waals surface area contributed by atoms with Gasteiger partial charge in [0, 0.05) is 36.2 Å². The van der Waals surface area contributed by atoms with Gasteiger partial charge in [0.1, 0.15) is 11.4 Å². The fraction of sp³-hybridized carbons (Fsp3) is 0.143. The highest BCUT2D eigenvalue weighted by molar-refractivity contribution is 5.93. The molecule has 0 saturated carbocycles. The number of imidazole rings is 1. The largest absolute Gasteiger partial charge is 0.495 e. The molecule has 0 aliphatic heterocycles. The monoisotopic (exact) mass is 386 g/mol. The Hall–Kier alpha value is -3.78. The van der Waals surface area contributed by atoms with E-state index in [1.54, 1.807) is 32.8 Å². The third-order valence-electron chi connectivity index (χ3n) is 4.82. The Morgan fingerprint density at radius 3 is 2.79 bits per heavy atom. The van der Waals surface area contributed by atoms with Crippen LogP contribution in [0.4, 0.5) is 0 Å². The summed E-state index contributed by atoms with van der Waals surface area (Å²) in [5, 5.41) is 8.31. The molecule has 0 unspecified atom stereocenters. The number of H-pyrrole nitrogens is 2. The summed E-state index contributed by atoms with van der Waals surface area (Å²) in [6, 6.07) is 9.94. The molecule has 0 amide bonds. The van der Waals surface area contributed by atoms with Gasteiger partial charge in [-0.3, -0.25) is 10.1 Å². The van der Waals surface area contributed by atoms with Gasteiger partial charge in [-0.2, -0.15) is 5.10 Å². The van der Waals surface area contributed by atoms with Gasteiger partial charge >= 0.3 is 0 Å². The maximum absolute atomic E-state index is 5.29. The molecule has 0 bridgehead atoms. The number of hydrogen-bond acceptors (Lipinski definition) is 6. The van der Waals surface area contributed by atoms with Crippen molar-refractivity contribution in [3.05, 3.63) is 54.5 Å². The van der Waals surface area contributed by atoms with Crippen molar-refractivity contribution in [1.82, 2.24) is 30.1 Å². The lowest BCUT2D eigenvalue weighted by Crippen LogP contribution is -1.89. The number of benzene rings is 1. The predicted molar refractivity (Wildman–Crippen MR) is 109 cm³/mol. The van der Waals surface area contributed by atoms with Gasteiger partial charge < -0.3 is 14.5 Å². The molecule has 4 aromatic heterocycles. The number of para-hydroxylation sites is 1. The smallest absolute Gasteiger partial charge is 0.159 e. The Morgan fingerprint density at radius 1 is 1.03 bits per heavy atom. The summed E-state index contributed by atoms with van der Waals surface area (Å²) in [5.41, 5.74) is 6.07. The maximum atomic E-state index is 5.29. The van der Waals surface area contributed by atoms with Gasteiger partial charge in [0.2, 0.25) is 0 Å². The molecule has 0 radical (unpaired) electrons. The Labute approximate surface area is 165 Å². The van der Waals surface area contributed by atoms with E-state index in [1.165, 1.54) is 0 Å². The first-order chi connectivity index (χ1) is 14.3. The van der Waals surface area contributed by atoms with Crippen LogP contribution in [-0.4, -0.2) is 44.4 Å². The summed E-state index contributed by atoms with van der Waals surface area (Å²) < 4.78 is 10.6. The second-order valence-electron chi connectivity index (χ2n) is 6.64. The second kappa shape index (κ2) is 6.99. The van der Waals surface area contributed by atoms with E-state index in [0.29, 0.717) is 29.5 Å². The number of aromatic nitrogens is 6. The Balaban J connectivity index is 1.64. The van der Waals surface area contributed by atoms with Crippen molar-refractivity contribution in [2.24, 2.45) is 0 Å². The second-order valence-corrected chi connectivity index (χ2v) is 6.64. The highest BCUT2D eigenvalue weighted by Gasteiger charge is 2.16. The summed E-state index contributed by atoms with van der Waals surface area (Å²) in [4.78, 5) is 16.9. The lowest BCUT2D eigenvalue weighted by Gasteiger charge is -2.04. The molecule has 2 N–H and O–H groups in total. The Bertz CT molecular complexity index is 1320. The van der Waals surface area contributed by atoms with Crippen molar-refractivity contribution < 1.29 is 9.47 Å². The molecule has 0 aliphatic carbocycles. The van der Waals surface area contributed by atoms with Crippen LogP contribution in [-0.2, 0) is 11.3 Å². The lowest BCUT2D eigenvalue weighted by molar-refractivity contribution is 0.186. The third-order valence-corrected chi connectivity index (χ3v) is 4.82. The van der Waals surface area contributed by atoms with Crippen LogP contribution in [0.15, 0.2) is 48.9 Å². The van der Waals surface area contributed by atoms with Crippen LogP contribution in [0.3, 0.4) is 0 Å². The van der Waals surface area contributed by atoms with Crippen LogP contribution >= 0.6 is 0 Å². The van der Waals surface area contributed by atoms with E-state index in [-0.39, 0.29) is 0 Å². The topological polar surface area (TPSA) is 102 Å². The molecule has 0 atom stereocenters. The van der Waals surface area contributed by atoms with Crippen molar-refractivity contribution >= 4 is 22.1 Å². The van der Waals surface area contributed by atoms with Gasteiger partial charge in [-0.15, -0.1) is 0 Å². The molecule has 29 heavy (non-hydrogen) atoms. The number of ether oxygens (including phenoxy) is 2. The lowest BCUT2D eigenvalue weighted by atomic mass is 10.1. The molecule has 0 fully saturated rings. The molecule has 5 aromatic rings. The Kier molecular flexibility index (Phi) is 4.18. The van der Waals surface area contributed by atoms with E-state index >= 15 is 0 Å². The SMILES string of the molecule is COCc1cccc2[nH]c(-c3n[nH]c4ncc(-c5cncc(OC)c5)cc34)nc12. The number of fused-ring (bicyclic) bond motifs is 2. The highest BCUT2D eigenvalue weighted by atomic mass is 16.5. The molecule has 5 rings (SSSR count). The third kappa shape index (κ3) is 2.99. The minimum absolute atomic E-state index is 0.498. The number of nitrogens with one attached hydrogen (secondary N) is 2. The van der Waals surface area contributed by atoms with Crippen LogP contribution < -0.4 is 4.74 Å². The summed E-state index contributed by atoms with van der Waals surface area (Å²) in [7, 11) is 3.30. The number of methoxy groups -OCH3 is 2. The molecule has 4 heterocycles. The number of aromatic amines is 2. The van der Waals surface area contributed by atoms with Crippen molar-refractivity contribution in [3.63, 3.8) is 0 Å². The number of pyridine rings is 2. The molecule has 1 aromatic carbocycles. The first-order valence-electron chi connectivity index (χ1n) is 9.07. The highest BCUT2D eigenvalue weighted by Crippen LogP contribution is 2.30. The van der Waals surface area contributed by atoms with Crippen LogP contribution in [0.2, 0.25) is 0 Å². The summed E-state index contributed by atoms with van der Waals surface area (Å²) in [6.07, 6.45) is 5.24. The average Bonchev–Trinajstić information content (AvgIpc) is 3.38. The van der Waals surface area contributed by atoms with Gasteiger partial charge in [-0.25, -0.2) is 9.97 Å². The molecule has 8 nitrogen and oxygen atoms in total. The van der Waals surface area contributed by atoms with Crippen molar-refractivity contribution in [2.45, 2.75) is 6.61 Å². The van der Waals surface area contributed by atoms with Gasteiger partial charge in [0.15, 0.2) is 11.5 Å². The zero-order chi connectivity index (χ0) is 19.8. The maximum Gasteiger partial charge on any atom is 0.159 e. The molecule has 144 valence electrons. The summed E-state index contributed by atoms with van der Waals surface area (Å²) in [5.74, 6) is 1.37. The first-order valence-corrected chi connectivity index (χ1v) is 9.07. The predicted octanol–water partition coefficient (Wildman–Crippen LogP) is 3.72. The fourth-order valence-electron chi connectivity index (χ4n) is 3.41. The van der Waals surface area contributed by atoms with Crippen LogP contribution in [0.5, 0.6) is 5.75 Å². The normalized spacial score (nSPS) is 11.4. The molecule has 0 spiro atoms. The molecular weight excluding hydrogens is 368 g/mol. The molecule has 0 saturated heterocycles. The molecule has 8 heteroatoms. The van der Waals surface area contributed by atoms with E-state index in [9.17, 15) is 0 Å². The van der Waals surface area contributed by atoms with Crippen LogP contribution in [0.1, 0.15) is 5.56 Å². The molecular formula is C21H18N6O2. The van der Waals surface area contributed by atoms with Gasteiger partial charge in [0.05, 0.1) is 36.3 Å². The van der Waals surface area contributed by atoms with Crippen LogP contribution in [0.25, 0.3) is 44.7 Å². The summed E-state index contributed by atoms with van der Waals surface area (Å²) in [6.45, 7) is 0.498. The zero-order valence-electron chi connectivity index (χ0n) is 15.9. The quantitative estimate of drug-likeness (QED) is 0.477. The average molecular weight is 386 g/mol. The Morgan fingerprint density at radius 2 is 1.93 bits per heavy atom. The van der Waals surface area contributed by atoms with Gasteiger partial charge in [-0.05, 0) is 18.2 Å². The van der Waals surface area contributed by atoms with Gasteiger partial charge in [-0.1, -0.05) is 12.1 Å². The number of hydrogen-bond donors (Lipinski definition) is 2. The summed E-state index contributed by atoms with van der Waals surface area (Å²) >= 11 is 0. The number of rotatable bonds is 5. The minimum Gasteiger partial charge on any atom is -0.495 e. The van der Waals surface area contributed by atoms with E-state index in [0.717, 1.165) is 33.1 Å². The van der Waals surface area contributed by atoms with E-state index in [1.807, 2.05) is 30.3 Å². The van der Waals surface area contributed by atoms with E-state index in [4.69, 9.17) is 14.5 Å². The van der Waals surface area contributed by atoms with Crippen molar-refractivity contribution in [1.29, 1.82) is 0 Å². The van der Waals surface area contributed by atoms with Crippen LogP contribution in [0, 0.1) is 0 Å². The van der Waals surface area contributed by atoms with Crippen molar-refractivity contribution in [3.8, 4) is 28.4 Å². The molecule has 0 aliphatic rings. The van der Waals surface area contributed by atoms with Gasteiger partial charge in [0.25, 0.3) is 0 Å². The fourth-order valence-corrected chi connectivity index (χ4v) is 3.41. The minimum atomic E-state index is 0.498. The standard InChI is InChI=1S/C21H18N6O2/c1-28-11-12-4-3-5-17-18(12)25-21(24-17)19-16-7-14(9-23-20(16)27-26-19)13-6-15(29-2)10-22-8-13/h3-10H,11H2,1-2H3,(H,24,25)(H,23,26,27). The van der Waals surface area contributed by atoms with E-state index in [2.05, 4.69) is 25.1 Å². The first kappa shape index (κ1) is 17.3. The van der Waals surface area contributed by atoms with E-state index < -0.39 is 0 Å². The van der Waals surface area contributed by atoms with Crippen molar-refractivity contribution in [2.75, 3.05) is 14.2 Å². The number of nitrogens with zero attached hydrogens (tertiary/aromatic N) is 4. The zero-order valence-corrected chi connectivity index (χ0v) is 15.9.